The molecule has 24 heavy (non-hydrogen) atoms. The van der Waals surface area contributed by atoms with E-state index in [-0.39, 0.29) is 26.4 Å². The van der Waals surface area contributed by atoms with Gasteiger partial charge >= 0.3 is 0 Å². The van der Waals surface area contributed by atoms with Crippen LogP contribution in [0.5, 0.6) is 0 Å². The van der Waals surface area contributed by atoms with Gasteiger partial charge < -0.3 is 20.3 Å². The fraction of sp³-hybridized carbons (Fsp3) is 0.368. The van der Waals surface area contributed by atoms with Crippen molar-refractivity contribution in [2.45, 2.75) is 18.2 Å². The van der Waals surface area contributed by atoms with Gasteiger partial charge in [-0.1, -0.05) is 6.07 Å². The summed E-state index contributed by atoms with van der Waals surface area (Å²) in [5, 5.41) is 10.7. The van der Waals surface area contributed by atoms with Crippen LogP contribution in [0.1, 0.15) is 16.7 Å². The molecule has 0 spiro atoms. The molecule has 0 amide bonds. The predicted octanol–water partition coefficient (Wildman–Crippen LogP) is 2.66. The van der Waals surface area contributed by atoms with Crippen molar-refractivity contribution in [2.24, 2.45) is 0 Å². The van der Waals surface area contributed by atoms with E-state index in [1.165, 1.54) is 0 Å². The molecule has 126 valence electrons. The summed E-state index contributed by atoms with van der Waals surface area (Å²) in [6, 6.07) is 11.1. The van der Waals surface area contributed by atoms with Crippen LogP contribution in [0.3, 0.4) is 0 Å². The number of alkyl halides is 1. The zero-order chi connectivity index (χ0) is 16.9. The normalized spacial score (nSPS) is 21.0. The summed E-state index contributed by atoms with van der Waals surface area (Å²) in [5.41, 5.74) is 8.04. The average Bonchev–Trinajstić information content (AvgIpc) is 2.52. The van der Waals surface area contributed by atoms with Gasteiger partial charge in [-0.15, -0.1) is 0 Å². The second kappa shape index (κ2) is 5.28. The number of aliphatic hydroxyl groups is 1. The molecule has 0 aromatic heterocycles. The Hall–Kier alpha value is -1.95. The van der Waals surface area contributed by atoms with Gasteiger partial charge in [0.1, 0.15) is 5.60 Å². The van der Waals surface area contributed by atoms with Crippen LogP contribution in [0.4, 0.5) is 10.1 Å². The lowest BCUT2D eigenvalue weighted by Gasteiger charge is -2.39. The minimum atomic E-state index is -1.50. The molecule has 2 aliphatic rings. The summed E-state index contributed by atoms with van der Waals surface area (Å²) >= 11 is 0. The van der Waals surface area contributed by atoms with E-state index >= 15 is 0 Å². The first-order chi connectivity index (χ1) is 11.4. The van der Waals surface area contributed by atoms with Crippen molar-refractivity contribution in [1.29, 1.82) is 0 Å². The maximum absolute atomic E-state index is 14.9. The number of ether oxygens (including phenoxy) is 2. The summed E-state index contributed by atoms with van der Waals surface area (Å²) in [4.78, 5) is 0. The van der Waals surface area contributed by atoms with Crippen molar-refractivity contribution in [1.82, 2.24) is 0 Å². The molecule has 2 fully saturated rings. The van der Waals surface area contributed by atoms with Crippen LogP contribution in [0.25, 0.3) is 11.1 Å². The highest BCUT2D eigenvalue weighted by molar-refractivity contribution is 5.72. The number of hydrogen-bond donors (Lipinski definition) is 2. The van der Waals surface area contributed by atoms with E-state index in [9.17, 15) is 9.50 Å². The molecule has 2 aliphatic heterocycles. The van der Waals surface area contributed by atoms with Gasteiger partial charge in [0.25, 0.3) is 0 Å². The van der Waals surface area contributed by atoms with E-state index in [1.54, 1.807) is 6.07 Å². The van der Waals surface area contributed by atoms with Crippen LogP contribution in [-0.4, -0.2) is 31.5 Å². The van der Waals surface area contributed by atoms with Crippen molar-refractivity contribution in [3.63, 3.8) is 0 Å². The second-order valence-electron chi connectivity index (χ2n) is 6.86. The molecular formula is C19H20FNO3. The van der Waals surface area contributed by atoms with E-state index in [4.69, 9.17) is 15.2 Å². The fourth-order valence-corrected chi connectivity index (χ4v) is 3.17. The number of benzene rings is 2. The molecule has 2 aromatic rings. The van der Waals surface area contributed by atoms with Gasteiger partial charge in [-0.3, -0.25) is 0 Å². The van der Waals surface area contributed by atoms with E-state index in [0.717, 1.165) is 16.7 Å². The third kappa shape index (κ3) is 2.40. The van der Waals surface area contributed by atoms with Gasteiger partial charge in [-0.05, 0) is 65.1 Å². The zero-order valence-corrected chi connectivity index (χ0v) is 13.5. The predicted molar refractivity (Wildman–Crippen MR) is 89.3 cm³/mol. The summed E-state index contributed by atoms with van der Waals surface area (Å²) < 4.78 is 25.2. The van der Waals surface area contributed by atoms with Gasteiger partial charge in [0.15, 0.2) is 5.67 Å². The number of rotatable bonds is 3. The van der Waals surface area contributed by atoms with Crippen molar-refractivity contribution < 1.29 is 19.0 Å². The van der Waals surface area contributed by atoms with Crippen molar-refractivity contribution in [2.75, 3.05) is 32.2 Å². The number of nitrogens with two attached hydrogens (primary N) is 1. The Labute approximate surface area is 140 Å². The quantitative estimate of drug-likeness (QED) is 0.850. The molecule has 4 rings (SSSR count). The molecule has 0 radical (unpaired) electrons. The minimum Gasteiger partial charge on any atom is -0.399 e. The molecule has 0 bridgehead atoms. The number of anilines is 1. The van der Waals surface area contributed by atoms with Gasteiger partial charge in [-0.2, -0.15) is 0 Å². The first-order valence-corrected chi connectivity index (χ1v) is 7.99. The minimum absolute atomic E-state index is 0.0424. The fourth-order valence-electron chi connectivity index (χ4n) is 3.17. The lowest BCUT2D eigenvalue weighted by atomic mass is 9.83. The van der Waals surface area contributed by atoms with Crippen molar-refractivity contribution in [3.05, 3.63) is 53.1 Å². The Morgan fingerprint density at radius 2 is 1.67 bits per heavy atom. The summed E-state index contributed by atoms with van der Waals surface area (Å²) in [5.74, 6) is 0. The molecule has 3 N–H and O–H groups in total. The van der Waals surface area contributed by atoms with E-state index < -0.39 is 11.3 Å². The Bertz CT molecular complexity index is 759. The lowest BCUT2D eigenvalue weighted by molar-refractivity contribution is -0.184. The number of halogens is 1. The Kier molecular flexibility index (Phi) is 3.42. The van der Waals surface area contributed by atoms with Crippen LogP contribution < -0.4 is 5.73 Å². The van der Waals surface area contributed by atoms with Crippen molar-refractivity contribution in [3.8, 4) is 11.1 Å². The van der Waals surface area contributed by atoms with Gasteiger partial charge in [0.2, 0.25) is 0 Å². The molecule has 2 aromatic carbocycles. The highest BCUT2D eigenvalue weighted by Crippen LogP contribution is 2.40. The van der Waals surface area contributed by atoms with Crippen LogP contribution >= 0.6 is 0 Å². The molecule has 2 heterocycles. The van der Waals surface area contributed by atoms with E-state index in [0.29, 0.717) is 16.8 Å². The maximum atomic E-state index is 14.9. The number of aryl methyl sites for hydroxylation is 1. The van der Waals surface area contributed by atoms with Crippen LogP contribution in [0, 0.1) is 6.92 Å². The van der Waals surface area contributed by atoms with Crippen LogP contribution in [0.2, 0.25) is 0 Å². The average molecular weight is 329 g/mol. The highest BCUT2D eigenvalue weighted by atomic mass is 19.1. The zero-order valence-electron chi connectivity index (χ0n) is 13.5. The first kappa shape index (κ1) is 15.6. The number of nitrogen functional groups attached to an aromatic ring is 1. The molecule has 0 saturated carbocycles. The molecule has 0 unspecified atom stereocenters. The standard InChI is InChI=1S/C19H20FNO3/c1-12-2-3-16(21)7-17(12)13-4-14(18(20)8-23-9-18)6-15(5-13)19(22)10-24-11-19/h2-7,22H,8-11,21H2,1H3. The Morgan fingerprint density at radius 3 is 2.25 bits per heavy atom. The number of hydrogen-bond acceptors (Lipinski definition) is 4. The molecular weight excluding hydrogens is 309 g/mol. The van der Waals surface area contributed by atoms with Crippen LogP contribution in [0.15, 0.2) is 36.4 Å². The van der Waals surface area contributed by atoms with Gasteiger partial charge in [0, 0.05) is 5.69 Å². The summed E-state index contributed by atoms with van der Waals surface area (Å²) in [6.07, 6.45) is 0. The Morgan fingerprint density at radius 1 is 1.00 bits per heavy atom. The van der Waals surface area contributed by atoms with E-state index in [1.807, 2.05) is 37.3 Å². The van der Waals surface area contributed by atoms with Gasteiger partial charge in [-0.25, -0.2) is 4.39 Å². The van der Waals surface area contributed by atoms with Crippen molar-refractivity contribution >= 4 is 5.69 Å². The molecule has 0 atom stereocenters. The molecule has 4 nitrogen and oxygen atoms in total. The first-order valence-electron chi connectivity index (χ1n) is 7.99. The van der Waals surface area contributed by atoms with Gasteiger partial charge in [0.05, 0.1) is 26.4 Å². The summed E-state index contributed by atoms with van der Waals surface area (Å²) in [6.45, 7) is 2.52. The molecule has 2 saturated heterocycles. The smallest absolute Gasteiger partial charge is 0.182 e. The monoisotopic (exact) mass is 329 g/mol. The second-order valence-corrected chi connectivity index (χ2v) is 6.86. The topological polar surface area (TPSA) is 64.7 Å². The van der Waals surface area contributed by atoms with Crippen LogP contribution in [-0.2, 0) is 20.7 Å². The van der Waals surface area contributed by atoms with E-state index in [2.05, 4.69) is 0 Å². The third-order valence-corrected chi connectivity index (χ3v) is 4.90. The SMILES string of the molecule is Cc1ccc(N)cc1-c1cc(C2(O)COC2)cc(C2(F)COC2)c1. The third-order valence-electron chi connectivity index (χ3n) is 4.90. The largest absolute Gasteiger partial charge is 0.399 e. The lowest BCUT2D eigenvalue weighted by Crippen LogP contribution is -2.47. The summed E-state index contributed by atoms with van der Waals surface area (Å²) in [7, 11) is 0. The highest BCUT2D eigenvalue weighted by Gasteiger charge is 2.44. The Balaban J connectivity index is 1.88. The maximum Gasteiger partial charge on any atom is 0.182 e. The molecule has 5 heteroatoms. The molecule has 0 aliphatic carbocycles.